The fourth-order valence-corrected chi connectivity index (χ4v) is 2.73. The van der Waals surface area contributed by atoms with E-state index in [-0.39, 0.29) is 23.9 Å². The summed E-state index contributed by atoms with van der Waals surface area (Å²) >= 11 is 0. The Morgan fingerprint density at radius 1 is 1.47 bits per heavy atom. The quantitative estimate of drug-likeness (QED) is 0.867. The van der Waals surface area contributed by atoms with E-state index < -0.39 is 0 Å². The van der Waals surface area contributed by atoms with Crippen LogP contribution in [0.2, 0.25) is 0 Å². The van der Waals surface area contributed by atoms with Crippen LogP contribution in [0.1, 0.15) is 49.9 Å². The normalized spacial score (nSPS) is 25.1. The van der Waals surface area contributed by atoms with Gasteiger partial charge in [0.05, 0.1) is 12.2 Å². The number of carbonyl (C=O) groups is 1. The lowest BCUT2D eigenvalue weighted by molar-refractivity contribution is -0.126. The van der Waals surface area contributed by atoms with Crippen LogP contribution in [-0.4, -0.2) is 21.7 Å². The first-order valence-corrected chi connectivity index (χ1v) is 7.03. The molecule has 5 nitrogen and oxygen atoms in total. The van der Waals surface area contributed by atoms with Crippen LogP contribution in [-0.2, 0) is 11.8 Å². The van der Waals surface area contributed by atoms with Crippen LogP contribution < -0.4 is 11.1 Å². The van der Waals surface area contributed by atoms with Crippen molar-refractivity contribution in [1.82, 2.24) is 15.1 Å². The second kappa shape index (κ2) is 5.74. The Balaban J connectivity index is 1.93. The number of carbonyl (C=O) groups excluding carboxylic acids is 1. The van der Waals surface area contributed by atoms with Gasteiger partial charge in [0.1, 0.15) is 0 Å². The average Bonchev–Trinajstić information content (AvgIpc) is 2.70. The van der Waals surface area contributed by atoms with Crippen LogP contribution in [0, 0.1) is 12.8 Å². The topological polar surface area (TPSA) is 72.9 Å². The van der Waals surface area contributed by atoms with E-state index in [1.54, 1.807) is 0 Å². The van der Waals surface area contributed by atoms with Crippen molar-refractivity contribution in [2.75, 3.05) is 0 Å². The van der Waals surface area contributed by atoms with E-state index in [2.05, 4.69) is 10.4 Å². The minimum absolute atomic E-state index is 0.0109. The molecule has 1 fully saturated rings. The highest BCUT2D eigenvalue weighted by molar-refractivity contribution is 5.79. The molecule has 1 aliphatic rings. The van der Waals surface area contributed by atoms with Gasteiger partial charge in [0.25, 0.3) is 0 Å². The predicted molar refractivity (Wildman–Crippen MR) is 74.4 cm³/mol. The third-order valence-electron chi connectivity index (χ3n) is 4.24. The highest BCUT2D eigenvalue weighted by atomic mass is 16.1. The van der Waals surface area contributed by atoms with E-state index in [4.69, 9.17) is 5.73 Å². The summed E-state index contributed by atoms with van der Waals surface area (Å²) in [7, 11) is 1.91. The first-order chi connectivity index (χ1) is 8.99. The molecule has 0 aromatic carbocycles. The number of aryl methyl sites for hydroxylation is 1. The summed E-state index contributed by atoms with van der Waals surface area (Å²) in [5, 5.41) is 7.32. The van der Waals surface area contributed by atoms with Crippen molar-refractivity contribution in [3.8, 4) is 0 Å². The Hall–Kier alpha value is -1.36. The van der Waals surface area contributed by atoms with Crippen molar-refractivity contribution >= 4 is 5.91 Å². The predicted octanol–water partition coefficient (Wildman–Crippen LogP) is 1.42. The molecule has 5 heteroatoms. The van der Waals surface area contributed by atoms with Crippen LogP contribution in [0.25, 0.3) is 0 Å². The van der Waals surface area contributed by atoms with Gasteiger partial charge in [0, 0.05) is 30.3 Å². The molecule has 1 saturated carbocycles. The van der Waals surface area contributed by atoms with Crippen LogP contribution in [0.5, 0.6) is 0 Å². The Bertz CT molecular complexity index is 446. The molecular formula is C14H24N4O. The van der Waals surface area contributed by atoms with Gasteiger partial charge < -0.3 is 11.1 Å². The van der Waals surface area contributed by atoms with E-state index in [0.717, 1.165) is 36.9 Å². The summed E-state index contributed by atoms with van der Waals surface area (Å²) in [6.45, 7) is 4.03. The minimum atomic E-state index is 0.0109. The molecular weight excluding hydrogens is 240 g/mol. The van der Waals surface area contributed by atoms with Gasteiger partial charge in [-0.2, -0.15) is 5.10 Å². The third-order valence-corrected chi connectivity index (χ3v) is 4.24. The van der Waals surface area contributed by atoms with E-state index in [0.29, 0.717) is 0 Å². The van der Waals surface area contributed by atoms with Gasteiger partial charge in [-0.1, -0.05) is 0 Å². The van der Waals surface area contributed by atoms with Gasteiger partial charge in [-0.25, -0.2) is 0 Å². The molecule has 2 rings (SSSR count). The second-order valence-corrected chi connectivity index (χ2v) is 5.65. The molecule has 1 aromatic rings. The number of nitrogens with one attached hydrogen (secondary N) is 1. The largest absolute Gasteiger partial charge is 0.349 e. The van der Waals surface area contributed by atoms with Crippen molar-refractivity contribution in [1.29, 1.82) is 0 Å². The van der Waals surface area contributed by atoms with E-state index >= 15 is 0 Å². The Morgan fingerprint density at radius 2 is 2.11 bits per heavy atom. The smallest absolute Gasteiger partial charge is 0.223 e. The number of amides is 1. The van der Waals surface area contributed by atoms with Gasteiger partial charge >= 0.3 is 0 Å². The molecule has 106 valence electrons. The van der Waals surface area contributed by atoms with E-state index in [1.165, 1.54) is 0 Å². The van der Waals surface area contributed by atoms with Crippen molar-refractivity contribution in [2.24, 2.45) is 18.7 Å². The van der Waals surface area contributed by atoms with Crippen LogP contribution in [0.3, 0.4) is 0 Å². The molecule has 3 N–H and O–H groups in total. The van der Waals surface area contributed by atoms with Crippen molar-refractivity contribution in [3.05, 3.63) is 17.5 Å². The van der Waals surface area contributed by atoms with Gasteiger partial charge in [0.2, 0.25) is 5.91 Å². The fraction of sp³-hybridized carbons (Fsp3) is 0.714. The van der Waals surface area contributed by atoms with Gasteiger partial charge in [-0.05, 0) is 39.5 Å². The summed E-state index contributed by atoms with van der Waals surface area (Å²) < 4.78 is 1.83. The van der Waals surface area contributed by atoms with Crippen molar-refractivity contribution in [3.63, 3.8) is 0 Å². The highest BCUT2D eigenvalue weighted by Crippen LogP contribution is 2.24. The molecule has 1 aromatic heterocycles. The maximum Gasteiger partial charge on any atom is 0.223 e. The van der Waals surface area contributed by atoms with E-state index in [9.17, 15) is 4.79 Å². The fourth-order valence-electron chi connectivity index (χ4n) is 2.73. The zero-order valence-corrected chi connectivity index (χ0v) is 12.0. The summed E-state index contributed by atoms with van der Waals surface area (Å²) in [5.74, 6) is 0.280. The number of hydrogen-bond donors (Lipinski definition) is 2. The summed E-state index contributed by atoms with van der Waals surface area (Å²) in [6, 6.07) is 0.291. The van der Waals surface area contributed by atoms with Crippen LogP contribution in [0.15, 0.2) is 6.20 Å². The molecule has 1 atom stereocenters. The zero-order chi connectivity index (χ0) is 14.0. The molecule has 0 bridgehead atoms. The van der Waals surface area contributed by atoms with Gasteiger partial charge in [0.15, 0.2) is 0 Å². The first kappa shape index (κ1) is 14.1. The Kier molecular flexibility index (Phi) is 4.24. The molecule has 0 saturated heterocycles. The summed E-state index contributed by atoms with van der Waals surface area (Å²) in [6.07, 6.45) is 5.56. The van der Waals surface area contributed by atoms with Crippen molar-refractivity contribution < 1.29 is 4.79 Å². The number of nitrogens with two attached hydrogens (primary N) is 1. The molecule has 1 amide bonds. The van der Waals surface area contributed by atoms with Gasteiger partial charge in [-0.3, -0.25) is 9.48 Å². The molecule has 0 radical (unpaired) electrons. The maximum absolute atomic E-state index is 12.2. The molecule has 1 heterocycles. The molecule has 0 spiro atoms. The number of aromatic nitrogens is 2. The highest BCUT2D eigenvalue weighted by Gasteiger charge is 2.26. The van der Waals surface area contributed by atoms with Crippen LogP contribution >= 0.6 is 0 Å². The summed E-state index contributed by atoms with van der Waals surface area (Å²) in [4.78, 5) is 12.2. The van der Waals surface area contributed by atoms with Crippen LogP contribution in [0.4, 0.5) is 0 Å². The molecule has 1 unspecified atom stereocenters. The standard InChI is InChI=1S/C14H24N4O/c1-9(13-8-16-18(3)10(13)2)17-14(19)11-4-6-12(15)7-5-11/h8-9,11-12H,4-7,15H2,1-3H3,(H,17,19). The van der Waals surface area contributed by atoms with Crippen molar-refractivity contribution in [2.45, 2.75) is 51.6 Å². The number of hydrogen-bond acceptors (Lipinski definition) is 3. The first-order valence-electron chi connectivity index (χ1n) is 7.03. The number of nitrogens with zero attached hydrogens (tertiary/aromatic N) is 2. The lowest BCUT2D eigenvalue weighted by atomic mass is 9.85. The zero-order valence-electron chi connectivity index (χ0n) is 12.0. The summed E-state index contributed by atoms with van der Waals surface area (Å²) in [5.41, 5.74) is 8.05. The average molecular weight is 264 g/mol. The third kappa shape index (κ3) is 3.15. The van der Waals surface area contributed by atoms with Gasteiger partial charge in [-0.15, -0.1) is 0 Å². The van der Waals surface area contributed by atoms with E-state index in [1.807, 2.05) is 31.8 Å². The monoisotopic (exact) mass is 264 g/mol. The Morgan fingerprint density at radius 3 is 2.63 bits per heavy atom. The molecule has 0 aliphatic heterocycles. The second-order valence-electron chi connectivity index (χ2n) is 5.65. The molecule has 19 heavy (non-hydrogen) atoms. The number of rotatable bonds is 3. The maximum atomic E-state index is 12.2. The SMILES string of the molecule is Cc1c(C(C)NC(=O)C2CCC(N)CC2)cnn1C. The Labute approximate surface area is 114 Å². The lowest BCUT2D eigenvalue weighted by Crippen LogP contribution is -2.37. The molecule has 1 aliphatic carbocycles. The minimum Gasteiger partial charge on any atom is -0.349 e. The lowest BCUT2D eigenvalue weighted by Gasteiger charge is -2.26.